The maximum absolute atomic E-state index is 10.9. The van der Waals surface area contributed by atoms with Crippen molar-refractivity contribution in [1.29, 1.82) is 0 Å². The molecule has 1 saturated carbocycles. The van der Waals surface area contributed by atoms with Gasteiger partial charge in [0.25, 0.3) is 0 Å². The van der Waals surface area contributed by atoms with Crippen LogP contribution in [0.25, 0.3) is 11.3 Å². The number of nitrogens with one attached hydrogen (secondary N) is 2. The van der Waals surface area contributed by atoms with Gasteiger partial charge in [-0.05, 0) is 24.8 Å². The van der Waals surface area contributed by atoms with Gasteiger partial charge < -0.3 is 10.6 Å². The summed E-state index contributed by atoms with van der Waals surface area (Å²) in [7, 11) is 0. The number of hydrogen-bond donors (Lipinski definition) is 2. The lowest BCUT2D eigenvalue weighted by atomic mass is 9.96. The van der Waals surface area contributed by atoms with E-state index >= 15 is 0 Å². The third kappa shape index (κ3) is 4.81. The first-order valence-electron chi connectivity index (χ1n) is 8.76. The first-order valence-corrected chi connectivity index (χ1v) is 9.64. The first-order chi connectivity index (χ1) is 11.7. The van der Waals surface area contributed by atoms with Crippen molar-refractivity contribution in [3.05, 3.63) is 35.2 Å². The van der Waals surface area contributed by atoms with Crippen LogP contribution in [0.4, 0.5) is 5.13 Å². The molecule has 3 rings (SSSR count). The number of hydrogen-bond acceptors (Lipinski definition) is 4. The smallest absolute Gasteiger partial charge is 0.216 e. The summed E-state index contributed by atoms with van der Waals surface area (Å²) >= 11 is 1.69. The molecule has 4 nitrogen and oxygen atoms in total. The zero-order valence-corrected chi connectivity index (χ0v) is 15.0. The van der Waals surface area contributed by atoms with E-state index in [4.69, 9.17) is 4.98 Å². The minimum atomic E-state index is 0.0205. The molecular weight excluding hydrogens is 318 g/mol. The van der Waals surface area contributed by atoms with E-state index in [9.17, 15) is 4.79 Å². The number of thiazole rings is 1. The standard InChI is InChI=1S/C19H25N3OS/c1-14(23)20-12-11-15-7-9-16(10-8-15)18-13-24-19(22-18)21-17-5-3-2-4-6-17/h7-10,13,17H,2-6,11-12H2,1H3,(H,20,23)(H,21,22). The third-order valence-electron chi connectivity index (χ3n) is 4.47. The molecule has 2 N–H and O–H groups in total. The molecule has 24 heavy (non-hydrogen) atoms. The van der Waals surface area contributed by atoms with Gasteiger partial charge >= 0.3 is 0 Å². The second-order valence-electron chi connectivity index (χ2n) is 6.45. The van der Waals surface area contributed by atoms with Crippen LogP contribution >= 0.6 is 11.3 Å². The highest BCUT2D eigenvalue weighted by molar-refractivity contribution is 7.14. The van der Waals surface area contributed by atoms with Crippen LogP contribution in [-0.4, -0.2) is 23.5 Å². The van der Waals surface area contributed by atoms with Gasteiger partial charge in [-0.2, -0.15) is 0 Å². The van der Waals surface area contributed by atoms with Gasteiger partial charge in [-0.3, -0.25) is 4.79 Å². The van der Waals surface area contributed by atoms with Crippen molar-refractivity contribution in [3.63, 3.8) is 0 Å². The highest BCUT2D eigenvalue weighted by Gasteiger charge is 2.14. The summed E-state index contributed by atoms with van der Waals surface area (Å²) in [6, 6.07) is 9.05. The third-order valence-corrected chi connectivity index (χ3v) is 5.25. The van der Waals surface area contributed by atoms with Crippen LogP contribution in [0, 0.1) is 0 Å². The summed E-state index contributed by atoms with van der Waals surface area (Å²) in [6.07, 6.45) is 7.41. The quantitative estimate of drug-likeness (QED) is 0.825. The predicted octanol–water partition coefficient (Wildman–Crippen LogP) is 4.23. The van der Waals surface area contributed by atoms with Gasteiger partial charge in [0, 0.05) is 30.5 Å². The molecule has 128 valence electrons. The van der Waals surface area contributed by atoms with Crippen molar-refractivity contribution in [2.75, 3.05) is 11.9 Å². The normalized spacial score (nSPS) is 15.2. The average Bonchev–Trinajstić information content (AvgIpc) is 3.04. The molecule has 5 heteroatoms. The van der Waals surface area contributed by atoms with Gasteiger partial charge in [0.2, 0.25) is 5.91 Å². The summed E-state index contributed by atoms with van der Waals surface area (Å²) in [5.74, 6) is 0.0205. The Hall–Kier alpha value is -1.88. The van der Waals surface area contributed by atoms with Crippen LogP contribution in [0.1, 0.15) is 44.6 Å². The molecule has 0 spiro atoms. The molecule has 0 aliphatic heterocycles. The molecular formula is C19H25N3OS. The zero-order chi connectivity index (χ0) is 16.8. The maximum atomic E-state index is 10.9. The number of benzene rings is 1. The molecule has 0 saturated heterocycles. The molecule has 0 unspecified atom stereocenters. The van der Waals surface area contributed by atoms with E-state index in [1.807, 2.05) is 0 Å². The lowest BCUT2D eigenvalue weighted by Gasteiger charge is -2.22. The van der Waals surface area contributed by atoms with Crippen LogP contribution in [0.15, 0.2) is 29.6 Å². The minimum absolute atomic E-state index is 0.0205. The van der Waals surface area contributed by atoms with Crippen LogP contribution in [0.2, 0.25) is 0 Å². The Labute approximate surface area is 147 Å². The maximum Gasteiger partial charge on any atom is 0.216 e. The Morgan fingerprint density at radius 3 is 2.67 bits per heavy atom. The predicted molar refractivity (Wildman–Crippen MR) is 100 cm³/mol. The van der Waals surface area contributed by atoms with Crippen molar-refractivity contribution in [2.45, 2.75) is 51.5 Å². The number of amides is 1. The van der Waals surface area contributed by atoms with Crippen LogP contribution in [0.3, 0.4) is 0 Å². The molecule has 1 aromatic carbocycles. The SMILES string of the molecule is CC(=O)NCCc1ccc(-c2csc(NC3CCCCC3)n2)cc1. The lowest BCUT2D eigenvalue weighted by molar-refractivity contribution is -0.118. The van der Waals surface area contributed by atoms with Gasteiger partial charge in [0.1, 0.15) is 0 Å². The molecule has 1 fully saturated rings. The summed E-state index contributed by atoms with van der Waals surface area (Å²) in [5.41, 5.74) is 3.40. The average molecular weight is 343 g/mol. The fourth-order valence-corrected chi connectivity index (χ4v) is 3.92. The van der Waals surface area contributed by atoms with Gasteiger partial charge in [-0.1, -0.05) is 43.5 Å². The van der Waals surface area contributed by atoms with E-state index in [0.717, 1.165) is 22.8 Å². The van der Waals surface area contributed by atoms with Crippen molar-refractivity contribution < 1.29 is 4.79 Å². The molecule has 1 aliphatic carbocycles. The second kappa shape index (κ2) is 8.29. The van der Waals surface area contributed by atoms with Gasteiger partial charge in [-0.25, -0.2) is 4.98 Å². The lowest BCUT2D eigenvalue weighted by Crippen LogP contribution is -2.22. The van der Waals surface area contributed by atoms with Crippen LogP contribution in [-0.2, 0) is 11.2 Å². The fourth-order valence-electron chi connectivity index (χ4n) is 3.12. The fraction of sp³-hybridized carbons (Fsp3) is 0.474. The van der Waals surface area contributed by atoms with E-state index in [1.165, 1.54) is 37.7 Å². The molecule has 1 aromatic heterocycles. The molecule has 0 bridgehead atoms. The van der Waals surface area contributed by atoms with Crippen LogP contribution in [0.5, 0.6) is 0 Å². The number of aromatic nitrogens is 1. The highest BCUT2D eigenvalue weighted by atomic mass is 32.1. The number of anilines is 1. The molecule has 1 aliphatic rings. The Kier molecular flexibility index (Phi) is 5.86. The summed E-state index contributed by atoms with van der Waals surface area (Å²) in [6.45, 7) is 2.23. The monoisotopic (exact) mass is 343 g/mol. The minimum Gasteiger partial charge on any atom is -0.359 e. The Balaban J connectivity index is 1.57. The van der Waals surface area contributed by atoms with E-state index in [0.29, 0.717) is 12.6 Å². The Morgan fingerprint density at radius 1 is 1.21 bits per heavy atom. The molecule has 0 atom stereocenters. The summed E-state index contributed by atoms with van der Waals surface area (Å²) < 4.78 is 0. The van der Waals surface area contributed by atoms with Gasteiger partial charge in [-0.15, -0.1) is 11.3 Å². The van der Waals surface area contributed by atoms with E-state index in [1.54, 1.807) is 18.3 Å². The van der Waals surface area contributed by atoms with E-state index in [2.05, 4.69) is 40.3 Å². The first kappa shape index (κ1) is 17.0. The number of rotatable bonds is 6. The molecule has 1 amide bonds. The highest BCUT2D eigenvalue weighted by Crippen LogP contribution is 2.28. The van der Waals surface area contributed by atoms with Crippen molar-refractivity contribution in [1.82, 2.24) is 10.3 Å². The molecule has 2 aromatic rings. The largest absolute Gasteiger partial charge is 0.359 e. The molecule has 1 heterocycles. The number of carbonyl (C=O) groups excluding carboxylic acids is 1. The Bertz CT molecular complexity index is 660. The zero-order valence-electron chi connectivity index (χ0n) is 14.2. The number of carbonyl (C=O) groups is 1. The van der Waals surface area contributed by atoms with Crippen molar-refractivity contribution in [2.24, 2.45) is 0 Å². The van der Waals surface area contributed by atoms with Crippen LogP contribution < -0.4 is 10.6 Å². The topological polar surface area (TPSA) is 54.0 Å². The molecule has 0 radical (unpaired) electrons. The summed E-state index contributed by atoms with van der Waals surface area (Å²) in [5, 5.41) is 9.57. The van der Waals surface area contributed by atoms with E-state index in [-0.39, 0.29) is 5.91 Å². The van der Waals surface area contributed by atoms with E-state index < -0.39 is 0 Å². The van der Waals surface area contributed by atoms with Gasteiger partial charge in [0.05, 0.1) is 5.69 Å². The van der Waals surface area contributed by atoms with Gasteiger partial charge in [0.15, 0.2) is 5.13 Å². The number of nitrogens with zero attached hydrogens (tertiary/aromatic N) is 1. The Morgan fingerprint density at radius 2 is 1.96 bits per heavy atom. The second-order valence-corrected chi connectivity index (χ2v) is 7.31. The van der Waals surface area contributed by atoms with Crippen molar-refractivity contribution >= 4 is 22.4 Å². The summed E-state index contributed by atoms with van der Waals surface area (Å²) in [4.78, 5) is 15.6. The van der Waals surface area contributed by atoms with Crippen molar-refractivity contribution in [3.8, 4) is 11.3 Å².